The third-order valence-corrected chi connectivity index (χ3v) is 2.88. The van der Waals surface area contributed by atoms with E-state index in [1.165, 1.54) is 11.1 Å². The highest BCUT2D eigenvalue weighted by Crippen LogP contribution is 2.15. The number of anilines is 1. The van der Waals surface area contributed by atoms with E-state index in [1.54, 1.807) is 0 Å². The molecule has 1 unspecified atom stereocenters. The van der Waals surface area contributed by atoms with Gasteiger partial charge in [0.1, 0.15) is 5.82 Å². The van der Waals surface area contributed by atoms with Crippen LogP contribution in [0.4, 0.5) is 5.82 Å². The molecule has 1 aromatic rings. The van der Waals surface area contributed by atoms with Crippen LogP contribution >= 0.6 is 0 Å². The lowest BCUT2D eigenvalue weighted by Crippen LogP contribution is -2.19. The van der Waals surface area contributed by atoms with Gasteiger partial charge in [-0.1, -0.05) is 6.92 Å². The average Bonchev–Trinajstić information content (AvgIpc) is 2.73. The van der Waals surface area contributed by atoms with E-state index in [4.69, 9.17) is 4.74 Å². The van der Waals surface area contributed by atoms with Crippen LogP contribution in [0, 0.1) is 6.92 Å². The fourth-order valence-electron chi connectivity index (χ4n) is 1.88. The molecule has 2 heterocycles. The predicted molar refractivity (Wildman–Crippen MR) is 61.2 cm³/mol. The van der Waals surface area contributed by atoms with Crippen LogP contribution in [-0.4, -0.2) is 24.2 Å². The Bertz CT molecular complexity index is 332. The second kappa shape index (κ2) is 4.62. The number of ether oxygens (including phenoxy) is 1. The van der Waals surface area contributed by atoms with Crippen molar-refractivity contribution in [1.82, 2.24) is 4.98 Å². The van der Waals surface area contributed by atoms with Crippen molar-refractivity contribution in [2.75, 3.05) is 18.5 Å². The zero-order valence-corrected chi connectivity index (χ0v) is 9.42. The number of rotatable bonds is 3. The Kier molecular flexibility index (Phi) is 3.21. The maximum absolute atomic E-state index is 5.32. The Morgan fingerprint density at radius 1 is 1.60 bits per heavy atom. The molecule has 1 saturated heterocycles. The maximum atomic E-state index is 5.32. The van der Waals surface area contributed by atoms with E-state index < -0.39 is 0 Å². The Labute approximate surface area is 90.9 Å². The van der Waals surface area contributed by atoms with E-state index in [2.05, 4.69) is 30.2 Å². The summed E-state index contributed by atoms with van der Waals surface area (Å²) in [5, 5.41) is 3.41. The largest absolute Gasteiger partial charge is 0.379 e. The summed E-state index contributed by atoms with van der Waals surface area (Å²) >= 11 is 0. The molecule has 15 heavy (non-hydrogen) atoms. The first-order chi connectivity index (χ1) is 7.29. The maximum Gasteiger partial charge on any atom is 0.126 e. The van der Waals surface area contributed by atoms with Crippen molar-refractivity contribution in [2.24, 2.45) is 0 Å². The van der Waals surface area contributed by atoms with Gasteiger partial charge in [0.2, 0.25) is 0 Å². The number of aryl methyl sites for hydroxylation is 2. The van der Waals surface area contributed by atoms with Crippen LogP contribution in [0.25, 0.3) is 0 Å². The smallest absolute Gasteiger partial charge is 0.126 e. The number of hydrogen-bond donors (Lipinski definition) is 1. The second-order valence-corrected chi connectivity index (χ2v) is 4.05. The Morgan fingerprint density at radius 2 is 2.47 bits per heavy atom. The Balaban J connectivity index is 2.07. The van der Waals surface area contributed by atoms with Crippen molar-refractivity contribution in [3.8, 4) is 0 Å². The molecule has 0 radical (unpaired) electrons. The highest BCUT2D eigenvalue weighted by molar-refractivity contribution is 5.41. The van der Waals surface area contributed by atoms with Gasteiger partial charge < -0.3 is 10.1 Å². The summed E-state index contributed by atoms with van der Waals surface area (Å²) in [5.41, 5.74) is 2.64. The molecule has 1 N–H and O–H groups in total. The lowest BCUT2D eigenvalue weighted by molar-refractivity contribution is 0.195. The lowest BCUT2D eigenvalue weighted by atomic mass is 10.1. The quantitative estimate of drug-likeness (QED) is 0.822. The van der Waals surface area contributed by atoms with Crippen molar-refractivity contribution in [3.05, 3.63) is 23.4 Å². The van der Waals surface area contributed by atoms with Crippen LogP contribution in [0.1, 0.15) is 24.5 Å². The average molecular weight is 206 g/mol. The molecule has 0 amide bonds. The van der Waals surface area contributed by atoms with Crippen LogP contribution in [0.5, 0.6) is 0 Å². The summed E-state index contributed by atoms with van der Waals surface area (Å²) in [6.07, 6.45) is 4.08. The van der Waals surface area contributed by atoms with Gasteiger partial charge in [0.15, 0.2) is 0 Å². The monoisotopic (exact) mass is 206 g/mol. The van der Waals surface area contributed by atoms with Gasteiger partial charge in [0, 0.05) is 12.8 Å². The van der Waals surface area contributed by atoms with Gasteiger partial charge in [-0.2, -0.15) is 0 Å². The van der Waals surface area contributed by atoms with Gasteiger partial charge in [0.05, 0.1) is 12.6 Å². The summed E-state index contributed by atoms with van der Waals surface area (Å²) in [4.78, 5) is 4.38. The standard InChI is InChI=1S/C12H18N2O/c1-3-10-6-12(13-7-9(10)2)14-11-4-5-15-8-11/h6-7,11H,3-5,8H2,1-2H3,(H,13,14). The van der Waals surface area contributed by atoms with E-state index in [9.17, 15) is 0 Å². The van der Waals surface area contributed by atoms with Crippen molar-refractivity contribution in [3.63, 3.8) is 0 Å². The normalized spacial score (nSPS) is 20.5. The molecule has 1 aliphatic rings. The molecule has 0 saturated carbocycles. The predicted octanol–water partition coefficient (Wildman–Crippen LogP) is 2.15. The summed E-state index contributed by atoms with van der Waals surface area (Å²) in [6.45, 7) is 5.94. The molecule has 1 aromatic heterocycles. The molecular weight excluding hydrogens is 188 g/mol. The first kappa shape index (κ1) is 10.4. The molecule has 1 aliphatic heterocycles. The van der Waals surface area contributed by atoms with Crippen molar-refractivity contribution >= 4 is 5.82 Å². The van der Waals surface area contributed by atoms with Gasteiger partial charge in [-0.3, -0.25) is 0 Å². The fourth-order valence-corrected chi connectivity index (χ4v) is 1.88. The van der Waals surface area contributed by atoms with E-state index >= 15 is 0 Å². The number of nitrogens with zero attached hydrogens (tertiary/aromatic N) is 1. The van der Waals surface area contributed by atoms with E-state index in [1.807, 2.05) is 6.20 Å². The molecule has 3 nitrogen and oxygen atoms in total. The molecule has 3 heteroatoms. The zero-order valence-electron chi connectivity index (χ0n) is 9.42. The summed E-state index contributed by atoms with van der Waals surface area (Å²) in [6, 6.07) is 2.58. The molecule has 82 valence electrons. The molecule has 0 bridgehead atoms. The van der Waals surface area contributed by atoms with Gasteiger partial charge in [-0.25, -0.2) is 4.98 Å². The third kappa shape index (κ3) is 2.48. The van der Waals surface area contributed by atoms with Gasteiger partial charge in [-0.05, 0) is 37.0 Å². The van der Waals surface area contributed by atoms with Crippen LogP contribution in [-0.2, 0) is 11.2 Å². The molecular formula is C12H18N2O. The first-order valence-electron chi connectivity index (χ1n) is 5.59. The van der Waals surface area contributed by atoms with Crippen molar-refractivity contribution < 1.29 is 4.74 Å². The molecule has 0 spiro atoms. The van der Waals surface area contributed by atoms with E-state index in [0.717, 1.165) is 31.9 Å². The summed E-state index contributed by atoms with van der Waals surface area (Å²) in [7, 11) is 0. The summed E-state index contributed by atoms with van der Waals surface area (Å²) < 4.78 is 5.32. The van der Waals surface area contributed by atoms with Gasteiger partial charge >= 0.3 is 0 Å². The van der Waals surface area contributed by atoms with Gasteiger partial charge in [0.25, 0.3) is 0 Å². The second-order valence-electron chi connectivity index (χ2n) is 4.05. The third-order valence-electron chi connectivity index (χ3n) is 2.88. The lowest BCUT2D eigenvalue weighted by Gasteiger charge is -2.12. The highest BCUT2D eigenvalue weighted by Gasteiger charge is 2.15. The number of aromatic nitrogens is 1. The van der Waals surface area contributed by atoms with E-state index in [0.29, 0.717) is 6.04 Å². The zero-order chi connectivity index (χ0) is 10.7. The number of nitrogens with one attached hydrogen (secondary N) is 1. The minimum atomic E-state index is 0.435. The van der Waals surface area contributed by atoms with E-state index in [-0.39, 0.29) is 0 Å². The molecule has 2 rings (SSSR count). The SMILES string of the molecule is CCc1cc(NC2CCOC2)ncc1C. The van der Waals surface area contributed by atoms with Crippen molar-refractivity contribution in [2.45, 2.75) is 32.7 Å². The molecule has 1 fully saturated rings. The topological polar surface area (TPSA) is 34.1 Å². The number of hydrogen-bond acceptors (Lipinski definition) is 3. The van der Waals surface area contributed by atoms with Crippen LogP contribution in [0.2, 0.25) is 0 Å². The molecule has 0 aliphatic carbocycles. The molecule has 0 aromatic carbocycles. The Hall–Kier alpha value is -1.09. The van der Waals surface area contributed by atoms with Crippen LogP contribution < -0.4 is 5.32 Å². The minimum absolute atomic E-state index is 0.435. The number of pyridine rings is 1. The van der Waals surface area contributed by atoms with Crippen LogP contribution in [0.15, 0.2) is 12.3 Å². The van der Waals surface area contributed by atoms with Gasteiger partial charge in [-0.15, -0.1) is 0 Å². The van der Waals surface area contributed by atoms with Crippen LogP contribution in [0.3, 0.4) is 0 Å². The Morgan fingerprint density at radius 3 is 3.13 bits per heavy atom. The minimum Gasteiger partial charge on any atom is -0.379 e. The first-order valence-corrected chi connectivity index (χ1v) is 5.59. The highest BCUT2D eigenvalue weighted by atomic mass is 16.5. The summed E-state index contributed by atoms with van der Waals surface area (Å²) in [5.74, 6) is 0.980. The molecule has 1 atom stereocenters. The fraction of sp³-hybridized carbons (Fsp3) is 0.583. The van der Waals surface area contributed by atoms with Crippen molar-refractivity contribution in [1.29, 1.82) is 0 Å².